The molecule has 0 bridgehead atoms. The maximum Gasteiger partial charge on any atom is 0.246 e. The van der Waals surface area contributed by atoms with E-state index >= 15 is 0 Å². The topological polar surface area (TPSA) is 75.4 Å². The number of nitrogens with two attached hydrogens (primary N) is 1. The van der Waals surface area contributed by atoms with Crippen molar-refractivity contribution < 1.29 is 17.2 Å². The van der Waals surface area contributed by atoms with Gasteiger partial charge in [0.05, 0.1) is 0 Å². The molecule has 5 nitrogen and oxygen atoms in total. The number of hydrogen-bond acceptors (Lipinski definition) is 4. The quantitative estimate of drug-likeness (QED) is 0.586. The van der Waals surface area contributed by atoms with E-state index in [-0.39, 0.29) is 12.2 Å². The summed E-state index contributed by atoms with van der Waals surface area (Å²) in [6.07, 6.45) is 1.36. The van der Waals surface area contributed by atoms with Crippen LogP contribution in [0.2, 0.25) is 0 Å². The number of nitrogen functional groups attached to an aromatic ring is 1. The van der Waals surface area contributed by atoms with Gasteiger partial charge < -0.3 is 10.6 Å². The highest BCUT2D eigenvalue weighted by Crippen LogP contribution is 2.21. The van der Waals surface area contributed by atoms with Crippen molar-refractivity contribution in [1.29, 1.82) is 0 Å². The van der Waals surface area contributed by atoms with Crippen molar-refractivity contribution in [2.45, 2.75) is 17.7 Å². The van der Waals surface area contributed by atoms with Gasteiger partial charge >= 0.3 is 0 Å². The zero-order chi connectivity index (χ0) is 15.3. The Kier molecular flexibility index (Phi) is 5.85. The first kappa shape index (κ1) is 16.8. The van der Waals surface area contributed by atoms with Crippen LogP contribution in [0.5, 0.6) is 0 Å². The first-order valence-corrected chi connectivity index (χ1v) is 7.61. The standard InChI is InChI=1S/C12H19F2N3O2S/c1-17(2)6-4-3-5-16-20(18,19)12-10(13)7-9(15)8-11(12)14/h7-8,16H,3-6,15H2,1-2H3. The van der Waals surface area contributed by atoms with Crippen LogP contribution in [0.4, 0.5) is 14.5 Å². The number of halogens is 2. The van der Waals surface area contributed by atoms with Gasteiger partial charge in [0.2, 0.25) is 10.0 Å². The lowest BCUT2D eigenvalue weighted by Gasteiger charge is -2.11. The summed E-state index contributed by atoms with van der Waals surface area (Å²) in [5, 5.41) is 0. The van der Waals surface area contributed by atoms with E-state index in [1.54, 1.807) is 0 Å². The Labute approximate surface area is 117 Å². The van der Waals surface area contributed by atoms with Crippen molar-refractivity contribution in [2.24, 2.45) is 0 Å². The predicted octanol–water partition coefficient (Wildman–Crippen LogP) is 1.17. The minimum atomic E-state index is -4.21. The van der Waals surface area contributed by atoms with Crippen molar-refractivity contribution >= 4 is 15.7 Å². The fourth-order valence-corrected chi connectivity index (χ4v) is 2.86. The molecule has 114 valence electrons. The molecule has 1 aromatic rings. The lowest BCUT2D eigenvalue weighted by Crippen LogP contribution is -2.27. The van der Waals surface area contributed by atoms with Gasteiger partial charge in [0.25, 0.3) is 0 Å². The van der Waals surface area contributed by atoms with Gasteiger partial charge in [-0.1, -0.05) is 0 Å². The summed E-state index contributed by atoms with van der Waals surface area (Å²) in [7, 11) is -0.396. The van der Waals surface area contributed by atoms with Crippen molar-refractivity contribution in [3.63, 3.8) is 0 Å². The summed E-state index contributed by atoms with van der Waals surface area (Å²) >= 11 is 0. The molecule has 0 spiro atoms. The van der Waals surface area contributed by atoms with E-state index in [9.17, 15) is 17.2 Å². The minimum absolute atomic E-state index is 0.124. The summed E-state index contributed by atoms with van der Waals surface area (Å²) in [5.41, 5.74) is 5.08. The molecule has 0 saturated carbocycles. The molecule has 0 radical (unpaired) electrons. The highest BCUT2D eigenvalue weighted by Gasteiger charge is 2.24. The molecule has 0 unspecified atom stereocenters. The fourth-order valence-electron chi connectivity index (χ4n) is 1.67. The predicted molar refractivity (Wildman–Crippen MR) is 73.7 cm³/mol. The molecule has 0 atom stereocenters. The summed E-state index contributed by atoms with van der Waals surface area (Å²) in [6.45, 7) is 0.936. The number of benzene rings is 1. The maximum atomic E-state index is 13.5. The van der Waals surface area contributed by atoms with Crippen molar-refractivity contribution in [3.05, 3.63) is 23.8 Å². The van der Waals surface area contributed by atoms with Crippen LogP contribution in [-0.4, -0.2) is 40.5 Å². The molecule has 1 aromatic carbocycles. The van der Waals surface area contributed by atoms with Crippen LogP contribution in [0.3, 0.4) is 0 Å². The Bertz CT molecular complexity index is 539. The third-order valence-corrected chi connectivity index (χ3v) is 4.13. The molecule has 0 amide bonds. The highest BCUT2D eigenvalue weighted by molar-refractivity contribution is 7.89. The van der Waals surface area contributed by atoms with Crippen LogP contribution < -0.4 is 10.5 Å². The van der Waals surface area contributed by atoms with Gasteiger partial charge in [-0.2, -0.15) is 0 Å². The molecule has 1 rings (SSSR count). The summed E-state index contributed by atoms with van der Waals surface area (Å²) in [5.74, 6) is -2.38. The normalized spacial score (nSPS) is 12.1. The molecule has 0 aliphatic heterocycles. The Balaban J connectivity index is 2.70. The average molecular weight is 307 g/mol. The van der Waals surface area contributed by atoms with E-state index in [4.69, 9.17) is 5.73 Å². The number of nitrogens with one attached hydrogen (secondary N) is 1. The largest absolute Gasteiger partial charge is 0.399 e. The zero-order valence-corrected chi connectivity index (χ0v) is 12.3. The van der Waals surface area contributed by atoms with Crippen LogP contribution in [0.25, 0.3) is 0 Å². The molecule has 8 heteroatoms. The number of rotatable bonds is 7. The first-order chi connectivity index (χ1) is 9.24. The van der Waals surface area contributed by atoms with Crippen molar-refractivity contribution in [3.8, 4) is 0 Å². The molecular weight excluding hydrogens is 288 g/mol. The zero-order valence-electron chi connectivity index (χ0n) is 11.5. The minimum Gasteiger partial charge on any atom is -0.399 e. The molecule has 0 aliphatic rings. The molecule has 0 saturated heterocycles. The fraction of sp³-hybridized carbons (Fsp3) is 0.500. The highest BCUT2D eigenvalue weighted by atomic mass is 32.2. The smallest absolute Gasteiger partial charge is 0.246 e. The van der Waals surface area contributed by atoms with Crippen LogP contribution in [-0.2, 0) is 10.0 Å². The Morgan fingerprint density at radius 1 is 1.20 bits per heavy atom. The second-order valence-electron chi connectivity index (χ2n) is 4.72. The van der Waals surface area contributed by atoms with Gasteiger partial charge in [-0.3, -0.25) is 0 Å². The number of sulfonamides is 1. The van der Waals surface area contributed by atoms with E-state index < -0.39 is 26.6 Å². The maximum absolute atomic E-state index is 13.5. The van der Waals surface area contributed by atoms with Gasteiger partial charge in [-0.05, 0) is 45.6 Å². The molecule has 3 N–H and O–H groups in total. The molecule has 20 heavy (non-hydrogen) atoms. The molecule has 0 heterocycles. The summed E-state index contributed by atoms with van der Waals surface area (Å²) in [6, 6.07) is 1.56. The number of unbranched alkanes of at least 4 members (excludes halogenated alkanes) is 1. The molecular formula is C12H19F2N3O2S. The monoisotopic (exact) mass is 307 g/mol. The van der Waals surface area contributed by atoms with Gasteiger partial charge in [0, 0.05) is 12.2 Å². The number of nitrogens with zero attached hydrogens (tertiary/aromatic N) is 1. The molecule has 0 aliphatic carbocycles. The lowest BCUT2D eigenvalue weighted by molar-refractivity contribution is 0.394. The van der Waals surface area contributed by atoms with Crippen LogP contribution in [0, 0.1) is 11.6 Å². The van der Waals surface area contributed by atoms with Crippen LogP contribution in [0.15, 0.2) is 17.0 Å². The van der Waals surface area contributed by atoms with Crippen LogP contribution >= 0.6 is 0 Å². The van der Waals surface area contributed by atoms with Crippen LogP contribution in [0.1, 0.15) is 12.8 Å². The third kappa shape index (κ3) is 4.69. The van der Waals surface area contributed by atoms with Gasteiger partial charge in [0.1, 0.15) is 11.6 Å². The SMILES string of the molecule is CN(C)CCCCNS(=O)(=O)c1c(F)cc(N)cc1F. The molecule has 0 fully saturated rings. The van der Waals surface area contributed by atoms with E-state index in [0.717, 1.165) is 25.1 Å². The average Bonchev–Trinajstić information content (AvgIpc) is 2.25. The lowest BCUT2D eigenvalue weighted by atomic mass is 10.3. The molecule has 0 aromatic heterocycles. The Morgan fingerprint density at radius 3 is 2.25 bits per heavy atom. The van der Waals surface area contributed by atoms with Gasteiger partial charge in [0.15, 0.2) is 4.90 Å². The van der Waals surface area contributed by atoms with E-state index in [0.29, 0.717) is 6.42 Å². The second kappa shape index (κ2) is 6.96. The number of anilines is 1. The van der Waals surface area contributed by atoms with E-state index in [1.807, 2.05) is 19.0 Å². The van der Waals surface area contributed by atoms with E-state index in [1.165, 1.54) is 0 Å². The first-order valence-electron chi connectivity index (χ1n) is 6.13. The van der Waals surface area contributed by atoms with Crippen molar-refractivity contribution in [2.75, 3.05) is 32.9 Å². The van der Waals surface area contributed by atoms with Gasteiger partial charge in [-0.25, -0.2) is 21.9 Å². The third-order valence-electron chi connectivity index (χ3n) is 2.61. The Morgan fingerprint density at radius 2 is 1.75 bits per heavy atom. The summed E-state index contributed by atoms with van der Waals surface area (Å²) in [4.78, 5) is 0.979. The van der Waals surface area contributed by atoms with E-state index in [2.05, 4.69) is 4.72 Å². The number of hydrogen-bond donors (Lipinski definition) is 2. The van der Waals surface area contributed by atoms with Crippen molar-refractivity contribution in [1.82, 2.24) is 9.62 Å². The van der Waals surface area contributed by atoms with Gasteiger partial charge in [-0.15, -0.1) is 0 Å². The Hall–Kier alpha value is -1.25. The summed E-state index contributed by atoms with van der Waals surface area (Å²) < 4.78 is 52.9. The second-order valence-corrected chi connectivity index (χ2v) is 6.43.